The smallest absolute Gasteiger partial charge is 0.265 e. The zero-order valence-corrected chi connectivity index (χ0v) is 29.4. The van der Waals surface area contributed by atoms with E-state index in [2.05, 4.69) is 86.5 Å². The van der Waals surface area contributed by atoms with E-state index in [0.29, 0.717) is 17.8 Å². The van der Waals surface area contributed by atoms with Crippen molar-refractivity contribution in [2.75, 3.05) is 12.9 Å². The van der Waals surface area contributed by atoms with E-state index in [1.807, 2.05) is 0 Å². The van der Waals surface area contributed by atoms with Gasteiger partial charge in [0.1, 0.15) is 6.10 Å². The van der Waals surface area contributed by atoms with Gasteiger partial charge in [-0.15, -0.1) is 0 Å². The molecule has 0 spiro atoms. The van der Waals surface area contributed by atoms with Crippen LogP contribution in [0.15, 0.2) is 24.3 Å². The number of fused-ring (bicyclic) bond motifs is 1. The molecule has 6 atom stereocenters. The van der Waals surface area contributed by atoms with E-state index in [4.69, 9.17) is 13.0 Å². The lowest BCUT2D eigenvalue weighted by Gasteiger charge is -2.38. The molecule has 0 saturated heterocycles. The van der Waals surface area contributed by atoms with Crippen molar-refractivity contribution in [2.45, 2.75) is 118 Å². The molecule has 0 N–H and O–H groups in total. The molecule has 0 aromatic heterocycles. The van der Waals surface area contributed by atoms with Crippen molar-refractivity contribution in [3.63, 3.8) is 0 Å². The van der Waals surface area contributed by atoms with Crippen LogP contribution in [0.1, 0.15) is 80.1 Å². The molecule has 0 aliphatic heterocycles. The monoisotopic (exact) mass is 586 g/mol. The summed E-state index contributed by atoms with van der Waals surface area (Å²) in [5, 5.41) is 0. The molecule has 2 aliphatic rings. The van der Waals surface area contributed by atoms with Crippen LogP contribution in [0.25, 0.3) is 0 Å². The van der Waals surface area contributed by atoms with E-state index in [9.17, 15) is 8.42 Å². The SMILES string of the molecule is C=C1C[C@H]2[C@@H](C=C[C@H](CCCCCO[SiH](C)C)C(C)(C)C)[C@H](C(C)(C)C)C[C@@]2(O[SiH](C)C)C1OS(C)(=O)=O. The molecule has 2 aliphatic carbocycles. The molecule has 5 nitrogen and oxygen atoms in total. The molecule has 2 rings (SSSR count). The van der Waals surface area contributed by atoms with Crippen molar-refractivity contribution in [1.82, 2.24) is 0 Å². The average Bonchev–Trinajstić information content (AvgIpc) is 3.15. The van der Waals surface area contributed by atoms with Crippen LogP contribution in [0.3, 0.4) is 0 Å². The van der Waals surface area contributed by atoms with Crippen molar-refractivity contribution in [2.24, 2.45) is 34.5 Å². The first-order valence-electron chi connectivity index (χ1n) is 14.8. The summed E-state index contributed by atoms with van der Waals surface area (Å²) in [5.41, 5.74) is 0.472. The minimum absolute atomic E-state index is 0.0577. The normalized spacial score (nSPS) is 29.7. The highest BCUT2D eigenvalue weighted by atomic mass is 32.2. The Balaban J connectivity index is 2.35. The first-order valence-corrected chi connectivity index (χ1v) is 22.2. The molecule has 222 valence electrons. The fraction of sp³-hybridized carbons (Fsp3) is 0.867. The van der Waals surface area contributed by atoms with E-state index in [-0.39, 0.29) is 16.7 Å². The molecular weight excluding hydrogens is 529 g/mol. The summed E-state index contributed by atoms with van der Waals surface area (Å²) in [6, 6.07) is 0. The van der Waals surface area contributed by atoms with Gasteiger partial charge in [-0.3, -0.25) is 4.18 Å². The van der Waals surface area contributed by atoms with Gasteiger partial charge in [-0.05, 0) is 86.0 Å². The van der Waals surface area contributed by atoms with Crippen molar-refractivity contribution < 1.29 is 21.5 Å². The van der Waals surface area contributed by atoms with Gasteiger partial charge in [-0.2, -0.15) is 8.42 Å². The third-order valence-electron chi connectivity index (χ3n) is 8.52. The van der Waals surface area contributed by atoms with Crippen LogP contribution >= 0.6 is 0 Å². The topological polar surface area (TPSA) is 61.8 Å². The van der Waals surface area contributed by atoms with E-state index in [0.717, 1.165) is 37.7 Å². The Kier molecular flexibility index (Phi) is 11.7. The van der Waals surface area contributed by atoms with Crippen molar-refractivity contribution in [1.29, 1.82) is 0 Å². The highest BCUT2D eigenvalue weighted by Crippen LogP contribution is 2.62. The van der Waals surface area contributed by atoms with Crippen LogP contribution in [0, 0.1) is 34.5 Å². The summed E-state index contributed by atoms with van der Waals surface area (Å²) in [6.07, 6.45) is 11.8. The minimum atomic E-state index is -3.64. The van der Waals surface area contributed by atoms with Gasteiger partial charge in [0.25, 0.3) is 10.1 Å². The van der Waals surface area contributed by atoms with Crippen LogP contribution in [-0.4, -0.2) is 51.1 Å². The summed E-state index contributed by atoms with van der Waals surface area (Å²) >= 11 is 0. The maximum absolute atomic E-state index is 12.3. The van der Waals surface area contributed by atoms with Gasteiger partial charge < -0.3 is 8.85 Å². The molecule has 0 heterocycles. The highest BCUT2D eigenvalue weighted by Gasteiger charge is 2.64. The van der Waals surface area contributed by atoms with Gasteiger partial charge in [0.05, 0.1) is 11.9 Å². The fourth-order valence-electron chi connectivity index (χ4n) is 6.74. The molecule has 0 aromatic rings. The first kappa shape index (κ1) is 33.9. The van der Waals surface area contributed by atoms with Crippen molar-refractivity contribution in [3.8, 4) is 0 Å². The summed E-state index contributed by atoms with van der Waals surface area (Å²) in [4.78, 5) is 0. The first-order chi connectivity index (χ1) is 17.3. The third kappa shape index (κ3) is 9.13. The maximum atomic E-state index is 12.3. The lowest BCUT2D eigenvalue weighted by atomic mass is 9.71. The van der Waals surface area contributed by atoms with E-state index < -0.39 is 39.9 Å². The fourth-order valence-corrected chi connectivity index (χ4v) is 9.30. The van der Waals surface area contributed by atoms with Crippen molar-refractivity contribution in [3.05, 3.63) is 24.3 Å². The minimum Gasteiger partial charge on any atom is -0.421 e. The predicted octanol–water partition coefficient (Wildman–Crippen LogP) is 7.11. The lowest BCUT2D eigenvalue weighted by Crippen LogP contribution is -2.48. The summed E-state index contributed by atoms with van der Waals surface area (Å²) < 4.78 is 43.1. The Morgan fingerprint density at radius 2 is 1.68 bits per heavy atom. The van der Waals surface area contributed by atoms with Gasteiger partial charge in [0, 0.05) is 12.5 Å². The Morgan fingerprint density at radius 3 is 2.18 bits per heavy atom. The molecule has 1 unspecified atom stereocenters. The van der Waals surface area contributed by atoms with Crippen molar-refractivity contribution >= 4 is 28.2 Å². The number of unbranched alkanes of at least 4 members (excludes halogenated alkanes) is 2. The van der Waals surface area contributed by atoms with Gasteiger partial charge in [-0.25, -0.2) is 0 Å². The molecule has 0 amide bonds. The average molecular weight is 587 g/mol. The molecule has 8 heteroatoms. The number of hydrogen-bond acceptors (Lipinski definition) is 5. The number of allylic oxidation sites excluding steroid dienone is 2. The van der Waals surface area contributed by atoms with Crippen LogP contribution < -0.4 is 0 Å². The molecule has 38 heavy (non-hydrogen) atoms. The molecule has 0 aromatic carbocycles. The predicted molar refractivity (Wildman–Crippen MR) is 166 cm³/mol. The van der Waals surface area contributed by atoms with Gasteiger partial charge in [-0.1, -0.05) is 73.1 Å². The molecule has 2 fully saturated rings. The van der Waals surface area contributed by atoms with Crippen LogP contribution in [0.5, 0.6) is 0 Å². The van der Waals surface area contributed by atoms with E-state index in [1.165, 1.54) is 19.3 Å². The van der Waals surface area contributed by atoms with Crippen LogP contribution in [0.4, 0.5) is 0 Å². The molecule has 0 bridgehead atoms. The Hall–Kier alpha value is -0.256. The standard InChI is InChI=1S/C30H58O5SSi2/c1-22-20-25-24(18-17-23(28(2,3)4)16-14-13-15-19-33-37(9)10)26(29(5,6)7)21-30(25,35-38(11)12)27(22)34-36(8,31)32/h17-18,23-27,37-38H,1,13-16,19-21H2,2-12H3/t23-,24+,25-,26+,27?,30-/m0/s1. The Bertz CT molecular complexity index is 916. The van der Waals surface area contributed by atoms with Gasteiger partial charge >= 0.3 is 0 Å². The summed E-state index contributed by atoms with van der Waals surface area (Å²) in [6.45, 7) is 28.0. The Labute approximate surface area is 238 Å². The third-order valence-corrected chi connectivity index (χ3v) is 10.9. The largest absolute Gasteiger partial charge is 0.421 e. The molecule has 2 saturated carbocycles. The second-order valence-electron chi connectivity index (χ2n) is 14.7. The maximum Gasteiger partial charge on any atom is 0.265 e. The second-order valence-corrected chi connectivity index (χ2v) is 21.0. The zero-order valence-electron chi connectivity index (χ0n) is 26.3. The summed E-state index contributed by atoms with van der Waals surface area (Å²) in [5.74, 6) is 1.32. The highest BCUT2D eigenvalue weighted by molar-refractivity contribution is 7.86. The quantitative estimate of drug-likeness (QED) is 0.0996. The van der Waals surface area contributed by atoms with Gasteiger partial charge in [0.2, 0.25) is 0 Å². The number of hydrogen-bond donors (Lipinski definition) is 0. The summed E-state index contributed by atoms with van der Waals surface area (Å²) in [7, 11) is -6.06. The van der Waals surface area contributed by atoms with Crippen LogP contribution in [0.2, 0.25) is 26.2 Å². The van der Waals surface area contributed by atoms with Gasteiger partial charge in [0.15, 0.2) is 18.1 Å². The van der Waals surface area contributed by atoms with E-state index >= 15 is 0 Å². The Morgan fingerprint density at radius 1 is 1.05 bits per heavy atom. The number of rotatable bonds is 13. The van der Waals surface area contributed by atoms with Crippen LogP contribution in [-0.2, 0) is 23.2 Å². The molecular formula is C30H58O5SSi2. The lowest BCUT2D eigenvalue weighted by molar-refractivity contribution is -0.0310. The van der Waals surface area contributed by atoms with E-state index in [1.54, 1.807) is 0 Å². The zero-order chi connectivity index (χ0) is 29.1. The molecule has 0 radical (unpaired) electrons. The second kappa shape index (κ2) is 13.2.